The Morgan fingerprint density at radius 1 is 1.08 bits per heavy atom. The summed E-state index contributed by atoms with van der Waals surface area (Å²) in [5.74, 6) is 2.80. The van der Waals surface area contributed by atoms with Gasteiger partial charge in [-0.25, -0.2) is 9.97 Å². The van der Waals surface area contributed by atoms with Gasteiger partial charge in [0.15, 0.2) is 11.6 Å². The van der Waals surface area contributed by atoms with Gasteiger partial charge in [-0.1, -0.05) is 23.9 Å². The van der Waals surface area contributed by atoms with E-state index in [1.807, 2.05) is 18.5 Å². The number of ether oxygens (including phenoxy) is 1. The Labute approximate surface area is 150 Å². The van der Waals surface area contributed by atoms with Crippen LogP contribution in [0, 0.1) is 6.92 Å². The van der Waals surface area contributed by atoms with Crippen LogP contribution < -0.4 is 9.64 Å². The lowest BCUT2D eigenvalue weighted by Gasteiger charge is -2.33. The van der Waals surface area contributed by atoms with Crippen molar-refractivity contribution in [3.05, 3.63) is 59.9 Å². The largest absolute Gasteiger partial charge is 0.491 e. The van der Waals surface area contributed by atoms with Gasteiger partial charge in [-0.3, -0.25) is 4.90 Å². The second kappa shape index (κ2) is 5.77. The summed E-state index contributed by atoms with van der Waals surface area (Å²) in [6.45, 7) is 2.83. The Bertz CT molecular complexity index is 973. The molecule has 0 fully saturated rings. The molecule has 0 aliphatic carbocycles. The number of benzene rings is 1. The third kappa shape index (κ3) is 2.38. The molecule has 2 aliphatic rings. The molecule has 2 aliphatic heterocycles. The van der Waals surface area contributed by atoms with E-state index in [-0.39, 0.29) is 0 Å². The monoisotopic (exact) mass is 347 g/mol. The van der Waals surface area contributed by atoms with E-state index >= 15 is 0 Å². The first-order valence-corrected chi connectivity index (χ1v) is 9.27. The predicted molar refractivity (Wildman–Crippen MR) is 99.4 cm³/mol. The molecular formula is C20H17N3OS. The highest BCUT2D eigenvalue weighted by Crippen LogP contribution is 2.52. The summed E-state index contributed by atoms with van der Waals surface area (Å²) in [7, 11) is 0. The molecule has 4 nitrogen and oxygen atoms in total. The van der Waals surface area contributed by atoms with Gasteiger partial charge in [0, 0.05) is 12.4 Å². The first-order chi connectivity index (χ1) is 12.3. The van der Waals surface area contributed by atoms with E-state index in [1.165, 1.54) is 5.56 Å². The maximum Gasteiger partial charge on any atom is 0.152 e. The zero-order valence-electron chi connectivity index (χ0n) is 13.9. The average molecular weight is 347 g/mol. The SMILES string of the molecule is Cc1cnc2c(c1)Sc1cccnc1N2c1cccc2c1OCCC2. The number of hydrogen-bond acceptors (Lipinski definition) is 5. The topological polar surface area (TPSA) is 38.2 Å². The number of pyridine rings is 2. The van der Waals surface area contributed by atoms with Crippen molar-refractivity contribution < 1.29 is 4.74 Å². The van der Waals surface area contributed by atoms with E-state index in [2.05, 4.69) is 47.1 Å². The van der Waals surface area contributed by atoms with E-state index in [4.69, 9.17) is 9.72 Å². The van der Waals surface area contributed by atoms with E-state index in [0.29, 0.717) is 0 Å². The van der Waals surface area contributed by atoms with Crippen molar-refractivity contribution in [3.8, 4) is 5.75 Å². The molecule has 0 N–H and O–H groups in total. The fraction of sp³-hybridized carbons (Fsp3) is 0.200. The highest BCUT2D eigenvalue weighted by atomic mass is 32.2. The van der Waals surface area contributed by atoms with Crippen LogP contribution in [0.1, 0.15) is 17.5 Å². The lowest BCUT2D eigenvalue weighted by Crippen LogP contribution is -2.20. The van der Waals surface area contributed by atoms with Gasteiger partial charge in [0.25, 0.3) is 0 Å². The van der Waals surface area contributed by atoms with Crippen molar-refractivity contribution in [1.29, 1.82) is 0 Å². The van der Waals surface area contributed by atoms with Crippen LogP contribution in [0.2, 0.25) is 0 Å². The number of nitrogens with zero attached hydrogens (tertiary/aromatic N) is 3. The molecule has 0 radical (unpaired) electrons. The zero-order valence-corrected chi connectivity index (χ0v) is 14.7. The summed E-state index contributed by atoms with van der Waals surface area (Å²) in [6, 6.07) is 12.6. The van der Waals surface area contributed by atoms with Crippen LogP contribution in [0.3, 0.4) is 0 Å². The van der Waals surface area contributed by atoms with E-state index in [9.17, 15) is 0 Å². The molecule has 0 spiro atoms. The average Bonchev–Trinajstić information content (AvgIpc) is 2.65. The van der Waals surface area contributed by atoms with Crippen molar-refractivity contribution in [2.24, 2.45) is 0 Å². The van der Waals surface area contributed by atoms with Crippen LogP contribution in [0.15, 0.2) is 58.6 Å². The predicted octanol–water partition coefficient (Wildman–Crippen LogP) is 5.04. The number of anilines is 3. The Balaban J connectivity index is 1.77. The number of para-hydroxylation sites is 1. The number of aromatic nitrogens is 2. The maximum absolute atomic E-state index is 6.06. The summed E-state index contributed by atoms with van der Waals surface area (Å²) in [6.07, 6.45) is 5.86. The molecule has 3 aromatic rings. The van der Waals surface area contributed by atoms with Gasteiger partial charge in [-0.15, -0.1) is 0 Å². The van der Waals surface area contributed by atoms with Gasteiger partial charge in [-0.2, -0.15) is 0 Å². The minimum atomic E-state index is 0.760. The number of aryl methyl sites for hydroxylation is 2. The molecule has 0 amide bonds. The fourth-order valence-corrected chi connectivity index (χ4v) is 4.50. The van der Waals surface area contributed by atoms with Crippen LogP contribution >= 0.6 is 11.8 Å². The van der Waals surface area contributed by atoms with Crippen molar-refractivity contribution in [2.45, 2.75) is 29.6 Å². The van der Waals surface area contributed by atoms with Crippen molar-refractivity contribution in [3.63, 3.8) is 0 Å². The van der Waals surface area contributed by atoms with Gasteiger partial charge in [0.1, 0.15) is 5.75 Å². The van der Waals surface area contributed by atoms with Gasteiger partial charge in [0.2, 0.25) is 0 Å². The lowest BCUT2D eigenvalue weighted by molar-refractivity contribution is 0.289. The molecule has 4 heterocycles. The highest BCUT2D eigenvalue weighted by molar-refractivity contribution is 7.99. The van der Waals surface area contributed by atoms with Crippen molar-refractivity contribution >= 4 is 29.1 Å². The molecule has 5 heteroatoms. The van der Waals surface area contributed by atoms with Crippen LogP contribution in [0.4, 0.5) is 17.3 Å². The Morgan fingerprint density at radius 3 is 2.96 bits per heavy atom. The van der Waals surface area contributed by atoms with E-state index in [1.54, 1.807) is 11.8 Å². The zero-order chi connectivity index (χ0) is 16.8. The number of fused-ring (bicyclic) bond motifs is 3. The molecule has 1 aromatic carbocycles. The minimum absolute atomic E-state index is 0.760. The molecule has 2 aromatic heterocycles. The first kappa shape index (κ1) is 14.8. The lowest BCUT2D eigenvalue weighted by atomic mass is 10.0. The molecule has 0 unspecified atom stereocenters. The minimum Gasteiger partial charge on any atom is -0.491 e. The Hall–Kier alpha value is -2.53. The summed E-state index contributed by atoms with van der Waals surface area (Å²) in [4.78, 5) is 13.8. The summed E-state index contributed by atoms with van der Waals surface area (Å²) >= 11 is 1.72. The van der Waals surface area contributed by atoms with Crippen LogP contribution in [0.25, 0.3) is 0 Å². The maximum atomic E-state index is 6.06. The molecular weight excluding hydrogens is 330 g/mol. The number of hydrogen-bond donors (Lipinski definition) is 0. The quantitative estimate of drug-likeness (QED) is 0.482. The summed E-state index contributed by atoms with van der Waals surface area (Å²) in [5, 5.41) is 0. The highest BCUT2D eigenvalue weighted by Gasteiger charge is 2.30. The molecule has 0 bridgehead atoms. The van der Waals surface area contributed by atoms with Gasteiger partial charge >= 0.3 is 0 Å². The molecule has 5 rings (SSSR count). The van der Waals surface area contributed by atoms with Gasteiger partial charge < -0.3 is 4.74 Å². The standard InChI is InChI=1S/C20H17N3OS/c1-13-11-17-20(22-12-13)23(19-16(25-17)8-3-9-21-19)15-7-2-5-14-6-4-10-24-18(14)15/h2-3,5,7-9,11-12H,4,6,10H2,1H3. The second-order valence-electron chi connectivity index (χ2n) is 6.31. The Morgan fingerprint density at radius 2 is 2.00 bits per heavy atom. The molecule has 25 heavy (non-hydrogen) atoms. The van der Waals surface area contributed by atoms with E-state index in [0.717, 1.165) is 57.9 Å². The molecule has 124 valence electrons. The molecule has 0 atom stereocenters. The second-order valence-corrected chi connectivity index (χ2v) is 7.40. The number of rotatable bonds is 1. The van der Waals surface area contributed by atoms with Gasteiger partial charge in [0.05, 0.1) is 22.1 Å². The van der Waals surface area contributed by atoms with Crippen LogP contribution in [0.5, 0.6) is 5.75 Å². The molecule has 0 saturated carbocycles. The summed E-state index contributed by atoms with van der Waals surface area (Å²) in [5.41, 5.74) is 3.44. The fourth-order valence-electron chi connectivity index (χ4n) is 3.40. The third-order valence-electron chi connectivity index (χ3n) is 4.52. The van der Waals surface area contributed by atoms with Crippen molar-refractivity contribution in [1.82, 2.24) is 9.97 Å². The van der Waals surface area contributed by atoms with Crippen LogP contribution in [-0.2, 0) is 6.42 Å². The normalized spacial score (nSPS) is 15.0. The van der Waals surface area contributed by atoms with E-state index < -0.39 is 0 Å². The van der Waals surface area contributed by atoms with Crippen molar-refractivity contribution in [2.75, 3.05) is 11.5 Å². The van der Waals surface area contributed by atoms with Gasteiger partial charge in [-0.05, 0) is 55.2 Å². The summed E-state index contributed by atoms with van der Waals surface area (Å²) < 4.78 is 6.06. The first-order valence-electron chi connectivity index (χ1n) is 8.45. The smallest absolute Gasteiger partial charge is 0.152 e. The molecule has 0 saturated heterocycles. The Kier molecular flexibility index (Phi) is 3.41. The van der Waals surface area contributed by atoms with Crippen LogP contribution in [-0.4, -0.2) is 16.6 Å². The third-order valence-corrected chi connectivity index (χ3v) is 5.58.